The number of piperidine rings is 1. The van der Waals surface area contributed by atoms with Crippen molar-refractivity contribution in [2.45, 2.75) is 19.1 Å². The standard InChI is InChI=1S/C14H22N2O2/c1-16(8-12-3-2-6-17-12)9-14-13-7-15-5-4-11(13)10-18-14/h2-3,6,11,13-15H,4-5,7-10H2,1H3/t11-,13-,14+/m0/s1. The van der Waals surface area contributed by atoms with Crippen LogP contribution in [0.4, 0.5) is 0 Å². The normalized spacial score (nSPS) is 31.8. The van der Waals surface area contributed by atoms with Crippen molar-refractivity contribution in [2.75, 3.05) is 33.3 Å². The number of hydrogen-bond donors (Lipinski definition) is 1. The minimum Gasteiger partial charge on any atom is -0.468 e. The van der Waals surface area contributed by atoms with E-state index in [4.69, 9.17) is 9.15 Å². The van der Waals surface area contributed by atoms with Gasteiger partial charge in [0.15, 0.2) is 0 Å². The summed E-state index contributed by atoms with van der Waals surface area (Å²) in [5, 5.41) is 3.49. The second-order valence-electron chi connectivity index (χ2n) is 5.56. The Balaban J connectivity index is 1.53. The van der Waals surface area contributed by atoms with Crippen molar-refractivity contribution in [3.63, 3.8) is 0 Å². The molecule has 2 fully saturated rings. The van der Waals surface area contributed by atoms with E-state index < -0.39 is 0 Å². The van der Waals surface area contributed by atoms with E-state index in [1.807, 2.05) is 12.1 Å². The highest BCUT2D eigenvalue weighted by Crippen LogP contribution is 2.31. The van der Waals surface area contributed by atoms with Crippen molar-refractivity contribution in [3.05, 3.63) is 24.2 Å². The molecule has 0 amide bonds. The molecule has 100 valence electrons. The van der Waals surface area contributed by atoms with Crippen LogP contribution in [0, 0.1) is 11.8 Å². The van der Waals surface area contributed by atoms with Crippen LogP contribution in [0.15, 0.2) is 22.8 Å². The van der Waals surface area contributed by atoms with E-state index in [0.29, 0.717) is 12.0 Å². The van der Waals surface area contributed by atoms with Crippen LogP contribution in [-0.2, 0) is 11.3 Å². The topological polar surface area (TPSA) is 37.6 Å². The first-order valence-corrected chi connectivity index (χ1v) is 6.86. The minimum atomic E-state index is 0.378. The third-order valence-electron chi connectivity index (χ3n) is 4.18. The highest BCUT2D eigenvalue weighted by molar-refractivity contribution is 4.98. The van der Waals surface area contributed by atoms with Crippen LogP contribution in [-0.4, -0.2) is 44.3 Å². The summed E-state index contributed by atoms with van der Waals surface area (Å²) >= 11 is 0. The lowest BCUT2D eigenvalue weighted by atomic mass is 9.85. The third-order valence-corrected chi connectivity index (χ3v) is 4.18. The fourth-order valence-corrected chi connectivity index (χ4v) is 3.18. The first kappa shape index (κ1) is 12.2. The molecule has 3 heterocycles. The summed E-state index contributed by atoms with van der Waals surface area (Å²) in [5.41, 5.74) is 0. The first-order chi connectivity index (χ1) is 8.83. The molecule has 4 heteroatoms. The molecule has 0 spiro atoms. The monoisotopic (exact) mass is 250 g/mol. The molecule has 3 atom stereocenters. The highest BCUT2D eigenvalue weighted by atomic mass is 16.5. The Labute approximate surface area is 108 Å². The van der Waals surface area contributed by atoms with Crippen molar-refractivity contribution in [2.24, 2.45) is 11.8 Å². The molecule has 3 rings (SSSR count). The largest absolute Gasteiger partial charge is 0.468 e. The number of hydrogen-bond acceptors (Lipinski definition) is 4. The zero-order valence-electron chi connectivity index (χ0n) is 11.0. The fourth-order valence-electron chi connectivity index (χ4n) is 3.18. The fraction of sp³-hybridized carbons (Fsp3) is 0.714. The number of rotatable bonds is 4. The summed E-state index contributed by atoms with van der Waals surface area (Å²) in [5.74, 6) is 2.49. The van der Waals surface area contributed by atoms with Gasteiger partial charge < -0.3 is 14.5 Å². The van der Waals surface area contributed by atoms with E-state index in [1.165, 1.54) is 6.42 Å². The average Bonchev–Trinajstić information content (AvgIpc) is 3.00. The molecule has 1 aromatic heterocycles. The van der Waals surface area contributed by atoms with Gasteiger partial charge in [0, 0.05) is 19.0 Å². The van der Waals surface area contributed by atoms with Crippen LogP contribution in [0.3, 0.4) is 0 Å². The molecule has 2 saturated heterocycles. The summed E-state index contributed by atoms with van der Waals surface area (Å²) in [4.78, 5) is 2.29. The lowest BCUT2D eigenvalue weighted by molar-refractivity contribution is 0.0584. The zero-order valence-corrected chi connectivity index (χ0v) is 11.0. The molecule has 0 bridgehead atoms. The minimum absolute atomic E-state index is 0.378. The Morgan fingerprint density at radius 2 is 2.44 bits per heavy atom. The Morgan fingerprint density at radius 1 is 1.50 bits per heavy atom. The smallest absolute Gasteiger partial charge is 0.117 e. The quantitative estimate of drug-likeness (QED) is 0.875. The summed E-state index contributed by atoms with van der Waals surface area (Å²) in [7, 11) is 2.13. The van der Waals surface area contributed by atoms with Gasteiger partial charge in [0.1, 0.15) is 5.76 Å². The average molecular weight is 250 g/mol. The molecule has 1 aromatic rings. The van der Waals surface area contributed by atoms with Crippen LogP contribution >= 0.6 is 0 Å². The number of nitrogens with zero attached hydrogens (tertiary/aromatic N) is 1. The predicted molar refractivity (Wildman–Crippen MR) is 69.2 cm³/mol. The second kappa shape index (κ2) is 5.43. The van der Waals surface area contributed by atoms with Crippen LogP contribution in [0.25, 0.3) is 0 Å². The molecule has 18 heavy (non-hydrogen) atoms. The summed E-state index contributed by atoms with van der Waals surface area (Å²) in [6.45, 7) is 5.07. The number of ether oxygens (including phenoxy) is 1. The molecule has 0 radical (unpaired) electrons. The Kier molecular flexibility index (Phi) is 3.68. The van der Waals surface area contributed by atoms with E-state index in [-0.39, 0.29) is 0 Å². The molecular formula is C14H22N2O2. The Hall–Kier alpha value is -0.840. The van der Waals surface area contributed by atoms with Crippen molar-refractivity contribution >= 4 is 0 Å². The van der Waals surface area contributed by atoms with E-state index in [0.717, 1.165) is 44.5 Å². The van der Waals surface area contributed by atoms with Gasteiger partial charge in [0.2, 0.25) is 0 Å². The number of furan rings is 1. The van der Waals surface area contributed by atoms with Crippen molar-refractivity contribution in [1.82, 2.24) is 10.2 Å². The maximum Gasteiger partial charge on any atom is 0.117 e. The number of nitrogens with one attached hydrogen (secondary N) is 1. The van der Waals surface area contributed by atoms with Crippen LogP contribution in [0.1, 0.15) is 12.2 Å². The maximum atomic E-state index is 5.98. The lowest BCUT2D eigenvalue weighted by Crippen LogP contribution is -2.42. The lowest BCUT2D eigenvalue weighted by Gasteiger charge is -2.29. The summed E-state index contributed by atoms with van der Waals surface area (Å²) < 4.78 is 11.4. The molecule has 0 aromatic carbocycles. The van der Waals surface area contributed by atoms with E-state index in [1.54, 1.807) is 6.26 Å². The molecule has 1 N–H and O–H groups in total. The molecule has 0 aliphatic carbocycles. The predicted octanol–water partition coefficient (Wildman–Crippen LogP) is 1.34. The molecule has 0 unspecified atom stereocenters. The van der Waals surface area contributed by atoms with E-state index in [2.05, 4.69) is 17.3 Å². The van der Waals surface area contributed by atoms with Gasteiger partial charge in [-0.25, -0.2) is 0 Å². The van der Waals surface area contributed by atoms with E-state index >= 15 is 0 Å². The Bertz CT molecular complexity index is 366. The number of likely N-dealkylation sites (N-methyl/N-ethyl adjacent to an activating group) is 1. The zero-order chi connectivity index (χ0) is 12.4. The van der Waals surface area contributed by atoms with Gasteiger partial charge in [0.25, 0.3) is 0 Å². The molecule has 2 aliphatic heterocycles. The van der Waals surface area contributed by atoms with E-state index in [9.17, 15) is 0 Å². The van der Waals surface area contributed by atoms with Gasteiger partial charge in [-0.1, -0.05) is 0 Å². The van der Waals surface area contributed by atoms with Gasteiger partial charge in [-0.15, -0.1) is 0 Å². The van der Waals surface area contributed by atoms with Crippen molar-refractivity contribution in [3.8, 4) is 0 Å². The second-order valence-corrected chi connectivity index (χ2v) is 5.56. The SMILES string of the molecule is CN(Cc1ccco1)C[C@H]1OC[C@@H]2CCNC[C@@H]21. The van der Waals surface area contributed by atoms with Crippen molar-refractivity contribution < 1.29 is 9.15 Å². The molecule has 0 saturated carbocycles. The molecule has 2 aliphatic rings. The van der Waals surface area contributed by atoms with Crippen LogP contribution < -0.4 is 5.32 Å². The van der Waals surface area contributed by atoms with Crippen LogP contribution in [0.5, 0.6) is 0 Å². The maximum absolute atomic E-state index is 5.98. The Morgan fingerprint density at radius 3 is 3.28 bits per heavy atom. The number of fused-ring (bicyclic) bond motifs is 1. The molecular weight excluding hydrogens is 228 g/mol. The van der Waals surface area contributed by atoms with Gasteiger partial charge in [-0.2, -0.15) is 0 Å². The van der Waals surface area contributed by atoms with Crippen LogP contribution in [0.2, 0.25) is 0 Å². The van der Waals surface area contributed by atoms with Gasteiger partial charge in [-0.05, 0) is 38.1 Å². The first-order valence-electron chi connectivity index (χ1n) is 6.86. The summed E-state index contributed by atoms with van der Waals surface area (Å²) in [6.07, 6.45) is 3.38. The van der Waals surface area contributed by atoms with Crippen molar-refractivity contribution in [1.29, 1.82) is 0 Å². The van der Waals surface area contributed by atoms with Gasteiger partial charge in [-0.3, -0.25) is 4.90 Å². The highest BCUT2D eigenvalue weighted by Gasteiger charge is 2.38. The van der Waals surface area contributed by atoms with Gasteiger partial charge in [0.05, 0.1) is 25.5 Å². The summed E-state index contributed by atoms with van der Waals surface area (Å²) in [6, 6.07) is 3.97. The third kappa shape index (κ3) is 2.60. The molecule has 4 nitrogen and oxygen atoms in total. The van der Waals surface area contributed by atoms with Gasteiger partial charge >= 0.3 is 0 Å².